The number of nitrogens with zero attached hydrogens (tertiary/aromatic N) is 1. The van der Waals surface area contributed by atoms with Gasteiger partial charge in [-0.25, -0.2) is 9.59 Å². The summed E-state index contributed by atoms with van der Waals surface area (Å²) in [4.78, 5) is 25.1. The van der Waals surface area contributed by atoms with Crippen LogP contribution in [0, 0.1) is 0 Å². The predicted molar refractivity (Wildman–Crippen MR) is 82.3 cm³/mol. The molecule has 0 aliphatic carbocycles. The lowest BCUT2D eigenvalue weighted by molar-refractivity contribution is -0.139. The maximum atomic E-state index is 12.1. The van der Waals surface area contributed by atoms with E-state index >= 15 is 0 Å². The molecule has 0 spiro atoms. The molecule has 0 heterocycles. The first-order chi connectivity index (χ1) is 10.1. The second kappa shape index (κ2) is 9.00. The van der Waals surface area contributed by atoms with Gasteiger partial charge in [0.05, 0.1) is 0 Å². The van der Waals surface area contributed by atoms with Crippen LogP contribution in [0.25, 0.3) is 0 Å². The molecular formula is C16H24N2O3. The Kier molecular flexibility index (Phi) is 7.29. The van der Waals surface area contributed by atoms with Crippen LogP contribution in [0.3, 0.4) is 0 Å². The molecule has 0 radical (unpaired) electrons. The van der Waals surface area contributed by atoms with Crippen LogP contribution in [0.5, 0.6) is 0 Å². The fourth-order valence-electron chi connectivity index (χ4n) is 2.04. The monoisotopic (exact) mass is 292 g/mol. The number of carboxylic acid groups (broad SMARTS) is 1. The largest absolute Gasteiger partial charge is 0.480 e. The molecule has 2 N–H and O–H groups in total. The van der Waals surface area contributed by atoms with E-state index in [2.05, 4.69) is 12.2 Å². The molecule has 116 valence electrons. The van der Waals surface area contributed by atoms with Crippen molar-refractivity contribution < 1.29 is 14.7 Å². The van der Waals surface area contributed by atoms with Crippen molar-refractivity contribution in [1.29, 1.82) is 0 Å². The van der Waals surface area contributed by atoms with Gasteiger partial charge in [-0.15, -0.1) is 0 Å². The topological polar surface area (TPSA) is 69.6 Å². The van der Waals surface area contributed by atoms with Crippen molar-refractivity contribution in [2.45, 2.75) is 39.2 Å². The first kappa shape index (κ1) is 17.0. The summed E-state index contributed by atoms with van der Waals surface area (Å²) < 4.78 is 0. The van der Waals surface area contributed by atoms with Gasteiger partial charge >= 0.3 is 12.0 Å². The molecule has 0 aromatic heterocycles. The highest BCUT2D eigenvalue weighted by atomic mass is 16.4. The minimum absolute atomic E-state index is 0.285. The number of nitrogens with one attached hydrogen (secondary N) is 1. The molecule has 5 heteroatoms. The number of carbonyl (C=O) groups is 2. The van der Waals surface area contributed by atoms with Crippen LogP contribution in [0.15, 0.2) is 30.3 Å². The van der Waals surface area contributed by atoms with Gasteiger partial charge in [0.15, 0.2) is 0 Å². The van der Waals surface area contributed by atoms with Gasteiger partial charge in [-0.2, -0.15) is 0 Å². The van der Waals surface area contributed by atoms with Gasteiger partial charge in [-0.05, 0) is 18.9 Å². The first-order valence-corrected chi connectivity index (χ1v) is 7.40. The number of benzene rings is 1. The average Bonchev–Trinajstić information content (AvgIpc) is 2.48. The van der Waals surface area contributed by atoms with Crippen LogP contribution in [0.1, 0.15) is 32.3 Å². The van der Waals surface area contributed by atoms with Crippen molar-refractivity contribution in [3.8, 4) is 0 Å². The van der Waals surface area contributed by atoms with E-state index in [1.165, 1.54) is 0 Å². The third-order valence-electron chi connectivity index (χ3n) is 3.33. The zero-order valence-electron chi connectivity index (χ0n) is 12.7. The molecule has 1 aromatic rings. The summed E-state index contributed by atoms with van der Waals surface area (Å²) >= 11 is 0. The van der Waals surface area contributed by atoms with E-state index in [9.17, 15) is 14.7 Å². The summed E-state index contributed by atoms with van der Waals surface area (Å²) in [7, 11) is 0. The highest BCUT2D eigenvalue weighted by molar-refractivity contribution is 5.82. The Morgan fingerprint density at radius 1 is 1.24 bits per heavy atom. The summed E-state index contributed by atoms with van der Waals surface area (Å²) in [6, 6.07) is 8.09. The number of amides is 2. The Morgan fingerprint density at radius 3 is 2.43 bits per heavy atom. The number of rotatable bonds is 8. The maximum absolute atomic E-state index is 12.1. The molecule has 0 saturated carbocycles. The summed E-state index contributed by atoms with van der Waals surface area (Å²) in [6.45, 7) is 5.17. The van der Waals surface area contributed by atoms with E-state index in [1.54, 1.807) is 4.90 Å². The summed E-state index contributed by atoms with van der Waals surface area (Å²) in [5.74, 6) is -1.02. The molecule has 0 bridgehead atoms. The fraction of sp³-hybridized carbons (Fsp3) is 0.500. The number of carbonyl (C=O) groups excluding carboxylic acids is 1. The molecular weight excluding hydrogens is 268 g/mol. The van der Waals surface area contributed by atoms with Crippen LogP contribution in [-0.4, -0.2) is 41.1 Å². The van der Waals surface area contributed by atoms with E-state index < -0.39 is 12.0 Å². The summed E-state index contributed by atoms with van der Waals surface area (Å²) in [6.07, 6.45) is 2.20. The van der Waals surface area contributed by atoms with Gasteiger partial charge in [0, 0.05) is 19.5 Å². The zero-order chi connectivity index (χ0) is 15.7. The van der Waals surface area contributed by atoms with E-state index in [-0.39, 0.29) is 12.5 Å². The van der Waals surface area contributed by atoms with Gasteiger partial charge in [0.1, 0.15) is 6.04 Å². The molecule has 1 atom stereocenters. The number of carboxylic acids is 1. The smallest absolute Gasteiger partial charge is 0.326 e. The number of hydrogen-bond donors (Lipinski definition) is 2. The van der Waals surface area contributed by atoms with Gasteiger partial charge in [0.25, 0.3) is 0 Å². The standard InChI is InChI=1S/C16H24N2O3/c1-3-5-11-18(4-2)16(21)17-14(15(19)20)12-13-9-7-6-8-10-13/h6-10,14H,3-5,11-12H2,1-2H3,(H,17,21)(H,19,20). The second-order valence-corrected chi connectivity index (χ2v) is 4.96. The van der Waals surface area contributed by atoms with Crippen LogP contribution in [0.4, 0.5) is 4.79 Å². The Bertz CT molecular complexity index is 448. The van der Waals surface area contributed by atoms with Crippen molar-refractivity contribution in [2.24, 2.45) is 0 Å². The number of urea groups is 1. The maximum Gasteiger partial charge on any atom is 0.326 e. The molecule has 0 aliphatic heterocycles. The minimum Gasteiger partial charge on any atom is -0.480 e. The second-order valence-electron chi connectivity index (χ2n) is 4.96. The number of unbranched alkanes of at least 4 members (excludes halogenated alkanes) is 1. The van der Waals surface area contributed by atoms with E-state index in [0.717, 1.165) is 18.4 Å². The lowest BCUT2D eigenvalue weighted by atomic mass is 10.1. The Balaban J connectivity index is 2.65. The Hall–Kier alpha value is -2.04. The van der Waals surface area contributed by atoms with Gasteiger partial charge < -0.3 is 15.3 Å². The van der Waals surface area contributed by atoms with E-state index in [1.807, 2.05) is 37.3 Å². The van der Waals surface area contributed by atoms with Crippen molar-refractivity contribution in [1.82, 2.24) is 10.2 Å². The van der Waals surface area contributed by atoms with Gasteiger partial charge in [-0.3, -0.25) is 0 Å². The average molecular weight is 292 g/mol. The molecule has 21 heavy (non-hydrogen) atoms. The molecule has 1 aromatic carbocycles. The zero-order valence-corrected chi connectivity index (χ0v) is 12.7. The van der Waals surface area contributed by atoms with E-state index in [4.69, 9.17) is 0 Å². The molecule has 1 rings (SSSR count). The number of hydrogen-bond acceptors (Lipinski definition) is 2. The molecule has 5 nitrogen and oxygen atoms in total. The summed E-state index contributed by atoms with van der Waals surface area (Å²) in [5, 5.41) is 11.9. The van der Waals surface area contributed by atoms with Crippen LogP contribution < -0.4 is 5.32 Å². The van der Waals surface area contributed by atoms with Crippen LogP contribution in [-0.2, 0) is 11.2 Å². The molecule has 1 unspecified atom stereocenters. The lowest BCUT2D eigenvalue weighted by Crippen LogP contribution is -2.49. The molecule has 0 fully saturated rings. The van der Waals surface area contributed by atoms with Crippen molar-refractivity contribution in [3.05, 3.63) is 35.9 Å². The highest BCUT2D eigenvalue weighted by Crippen LogP contribution is 2.05. The van der Waals surface area contributed by atoms with E-state index in [0.29, 0.717) is 13.1 Å². The Labute approximate surface area is 126 Å². The molecule has 0 saturated heterocycles. The van der Waals surface area contributed by atoms with Crippen LogP contribution in [0.2, 0.25) is 0 Å². The van der Waals surface area contributed by atoms with Crippen molar-refractivity contribution in [2.75, 3.05) is 13.1 Å². The normalized spacial score (nSPS) is 11.7. The Morgan fingerprint density at radius 2 is 1.90 bits per heavy atom. The van der Waals surface area contributed by atoms with Gasteiger partial charge in [-0.1, -0.05) is 43.7 Å². The highest BCUT2D eigenvalue weighted by Gasteiger charge is 2.22. The lowest BCUT2D eigenvalue weighted by Gasteiger charge is -2.24. The number of aliphatic carboxylic acids is 1. The van der Waals surface area contributed by atoms with Crippen molar-refractivity contribution in [3.63, 3.8) is 0 Å². The summed E-state index contributed by atoms with van der Waals surface area (Å²) in [5.41, 5.74) is 0.891. The fourth-order valence-corrected chi connectivity index (χ4v) is 2.04. The third kappa shape index (κ3) is 5.85. The minimum atomic E-state index is -1.02. The first-order valence-electron chi connectivity index (χ1n) is 7.40. The quantitative estimate of drug-likeness (QED) is 0.773. The van der Waals surface area contributed by atoms with Crippen LogP contribution >= 0.6 is 0 Å². The predicted octanol–water partition coefficient (Wildman–Crippen LogP) is 2.51. The molecule has 0 aliphatic rings. The van der Waals surface area contributed by atoms with Crippen molar-refractivity contribution >= 4 is 12.0 Å². The third-order valence-corrected chi connectivity index (χ3v) is 3.33. The SMILES string of the molecule is CCCCN(CC)C(=O)NC(Cc1ccccc1)C(=O)O. The van der Waals surface area contributed by atoms with Gasteiger partial charge in [0.2, 0.25) is 0 Å². The molecule has 2 amide bonds.